The van der Waals surface area contributed by atoms with Gasteiger partial charge in [-0.3, -0.25) is 14.4 Å². The monoisotopic (exact) mass is 390 g/mol. The van der Waals surface area contributed by atoms with E-state index in [9.17, 15) is 14.4 Å². The van der Waals surface area contributed by atoms with Gasteiger partial charge in [-0.2, -0.15) is 0 Å². The van der Waals surface area contributed by atoms with E-state index < -0.39 is 29.6 Å². The molecule has 1 aromatic carbocycles. The van der Waals surface area contributed by atoms with E-state index >= 15 is 0 Å². The lowest BCUT2D eigenvalue weighted by molar-refractivity contribution is -0.177. The van der Waals surface area contributed by atoms with Crippen molar-refractivity contribution in [2.75, 3.05) is 19.8 Å². The fourth-order valence-electron chi connectivity index (χ4n) is 3.95. The lowest BCUT2D eigenvalue weighted by Crippen LogP contribution is -2.48. The van der Waals surface area contributed by atoms with E-state index in [1.54, 1.807) is 6.92 Å². The van der Waals surface area contributed by atoms with Crippen LogP contribution in [-0.2, 0) is 39.9 Å². The molecule has 1 heterocycles. The maximum atomic E-state index is 13.1. The highest BCUT2D eigenvalue weighted by molar-refractivity contribution is 6.08. The zero-order valence-corrected chi connectivity index (χ0v) is 16.1. The fourth-order valence-corrected chi connectivity index (χ4v) is 3.95. The molecule has 2 aliphatic rings. The van der Waals surface area contributed by atoms with Crippen LogP contribution >= 0.6 is 0 Å². The molecule has 1 aromatic rings. The minimum atomic E-state index is -1.55. The summed E-state index contributed by atoms with van der Waals surface area (Å²) in [7, 11) is 0. The molecule has 0 radical (unpaired) electrons. The van der Waals surface area contributed by atoms with E-state index in [1.165, 1.54) is 0 Å². The molecule has 0 amide bonds. The summed E-state index contributed by atoms with van der Waals surface area (Å²) in [6.07, 6.45) is 0.479. The maximum Gasteiger partial charge on any atom is 0.320 e. The molecule has 2 fully saturated rings. The Morgan fingerprint density at radius 2 is 1.89 bits per heavy atom. The molecule has 152 valence electrons. The van der Waals surface area contributed by atoms with Crippen molar-refractivity contribution in [3.8, 4) is 0 Å². The van der Waals surface area contributed by atoms with Gasteiger partial charge in [0.25, 0.3) is 0 Å². The zero-order chi connectivity index (χ0) is 20.0. The first-order chi connectivity index (χ1) is 13.6. The molecule has 7 nitrogen and oxygen atoms in total. The molecule has 3 rings (SSSR count). The molecule has 1 aliphatic carbocycles. The van der Waals surface area contributed by atoms with Gasteiger partial charge in [0.1, 0.15) is 12.0 Å². The summed E-state index contributed by atoms with van der Waals surface area (Å²) >= 11 is 0. The predicted molar refractivity (Wildman–Crippen MR) is 98.0 cm³/mol. The van der Waals surface area contributed by atoms with Gasteiger partial charge in [-0.15, -0.1) is 0 Å². The second kappa shape index (κ2) is 9.30. The van der Waals surface area contributed by atoms with Gasteiger partial charge in [0.15, 0.2) is 12.1 Å². The molecule has 0 bridgehead atoms. The number of ether oxygens (including phenoxy) is 4. The molecule has 0 aromatic heterocycles. The van der Waals surface area contributed by atoms with Gasteiger partial charge in [0.05, 0.1) is 25.7 Å². The number of hydrogen-bond donors (Lipinski definition) is 0. The molecule has 1 aliphatic heterocycles. The van der Waals surface area contributed by atoms with Gasteiger partial charge in [-0.1, -0.05) is 30.3 Å². The topological polar surface area (TPSA) is 88.1 Å². The Kier molecular flexibility index (Phi) is 6.80. The van der Waals surface area contributed by atoms with Crippen molar-refractivity contribution in [3.05, 3.63) is 35.9 Å². The van der Waals surface area contributed by atoms with E-state index in [1.807, 2.05) is 30.3 Å². The molecule has 28 heavy (non-hydrogen) atoms. The molecular weight excluding hydrogens is 364 g/mol. The van der Waals surface area contributed by atoms with Crippen molar-refractivity contribution < 1.29 is 33.3 Å². The zero-order valence-electron chi connectivity index (χ0n) is 16.1. The Hall–Kier alpha value is -2.25. The van der Waals surface area contributed by atoms with Crippen molar-refractivity contribution in [1.29, 1.82) is 0 Å². The van der Waals surface area contributed by atoms with Gasteiger partial charge < -0.3 is 18.9 Å². The lowest BCUT2D eigenvalue weighted by atomic mass is 9.71. The van der Waals surface area contributed by atoms with E-state index in [0.29, 0.717) is 19.6 Å². The first-order valence-electron chi connectivity index (χ1n) is 9.72. The Labute approximate surface area is 164 Å². The van der Waals surface area contributed by atoms with Crippen LogP contribution in [0.25, 0.3) is 0 Å². The SMILES string of the molecule is CCOC(=O)C(CC1OCCO1)C1(C(=O)OCc2ccccc2)CCCC1=O. The van der Waals surface area contributed by atoms with Gasteiger partial charge in [0, 0.05) is 12.8 Å². The van der Waals surface area contributed by atoms with Gasteiger partial charge in [-0.25, -0.2) is 0 Å². The molecule has 2 atom stereocenters. The van der Waals surface area contributed by atoms with Gasteiger partial charge in [0.2, 0.25) is 0 Å². The molecular formula is C21H26O7. The lowest BCUT2D eigenvalue weighted by Gasteiger charge is -2.33. The van der Waals surface area contributed by atoms with Crippen molar-refractivity contribution in [1.82, 2.24) is 0 Å². The quantitative estimate of drug-likeness (QED) is 0.497. The van der Waals surface area contributed by atoms with Crippen molar-refractivity contribution in [2.45, 2.75) is 45.5 Å². The second-order valence-electron chi connectivity index (χ2n) is 7.02. The predicted octanol–water partition coefficient (Wildman–Crippen LogP) is 2.41. The Morgan fingerprint density at radius 3 is 2.50 bits per heavy atom. The highest BCUT2D eigenvalue weighted by Crippen LogP contribution is 2.46. The van der Waals surface area contributed by atoms with Crippen LogP contribution in [0.5, 0.6) is 0 Å². The largest absolute Gasteiger partial charge is 0.466 e. The standard InChI is InChI=1S/C21H26O7/c1-2-25-19(23)16(13-18-26-11-12-27-18)21(10-6-9-17(21)22)20(24)28-14-15-7-4-3-5-8-15/h3-5,7-8,16,18H,2,6,9-14H2,1H3. The number of esters is 2. The van der Waals surface area contributed by atoms with Gasteiger partial charge in [-0.05, 0) is 25.3 Å². The van der Waals surface area contributed by atoms with Crippen LogP contribution in [0, 0.1) is 11.3 Å². The van der Waals surface area contributed by atoms with Crippen molar-refractivity contribution in [2.24, 2.45) is 11.3 Å². The number of Topliss-reactive ketones (excluding diaryl/α,β-unsaturated/α-hetero) is 1. The molecule has 7 heteroatoms. The highest BCUT2D eigenvalue weighted by atomic mass is 16.7. The first-order valence-corrected chi connectivity index (χ1v) is 9.72. The van der Waals surface area contributed by atoms with E-state index in [4.69, 9.17) is 18.9 Å². The van der Waals surface area contributed by atoms with Crippen LogP contribution in [0.2, 0.25) is 0 Å². The summed E-state index contributed by atoms with van der Waals surface area (Å²) in [5.41, 5.74) is -0.734. The highest BCUT2D eigenvalue weighted by Gasteiger charge is 2.59. The second-order valence-corrected chi connectivity index (χ2v) is 7.02. The third-order valence-electron chi connectivity index (χ3n) is 5.33. The number of benzene rings is 1. The van der Waals surface area contributed by atoms with E-state index in [-0.39, 0.29) is 38.3 Å². The van der Waals surface area contributed by atoms with Crippen LogP contribution in [0.3, 0.4) is 0 Å². The number of carbonyl (C=O) groups excluding carboxylic acids is 3. The van der Waals surface area contributed by atoms with Crippen molar-refractivity contribution in [3.63, 3.8) is 0 Å². The van der Waals surface area contributed by atoms with Crippen LogP contribution in [0.15, 0.2) is 30.3 Å². The summed E-state index contributed by atoms with van der Waals surface area (Å²) in [6, 6.07) is 9.22. The summed E-state index contributed by atoms with van der Waals surface area (Å²) in [4.78, 5) is 38.8. The summed E-state index contributed by atoms with van der Waals surface area (Å²) in [6.45, 7) is 2.72. The van der Waals surface area contributed by atoms with Crippen LogP contribution < -0.4 is 0 Å². The number of rotatable bonds is 8. The third kappa shape index (κ3) is 4.25. The Balaban J connectivity index is 1.84. The molecule has 1 saturated carbocycles. The molecule has 0 N–H and O–H groups in total. The normalized spacial score (nSPS) is 23.5. The van der Waals surface area contributed by atoms with Gasteiger partial charge >= 0.3 is 11.9 Å². The summed E-state index contributed by atoms with van der Waals surface area (Å²) < 4.78 is 21.6. The number of carbonyl (C=O) groups is 3. The Morgan fingerprint density at radius 1 is 1.18 bits per heavy atom. The molecule has 2 unspecified atom stereocenters. The summed E-state index contributed by atoms with van der Waals surface area (Å²) in [5, 5.41) is 0. The van der Waals surface area contributed by atoms with Crippen LogP contribution in [0.4, 0.5) is 0 Å². The van der Waals surface area contributed by atoms with Crippen molar-refractivity contribution >= 4 is 17.7 Å². The van der Waals surface area contributed by atoms with E-state index in [0.717, 1.165) is 5.56 Å². The van der Waals surface area contributed by atoms with E-state index in [2.05, 4.69) is 0 Å². The average molecular weight is 390 g/mol. The molecule has 1 saturated heterocycles. The smallest absolute Gasteiger partial charge is 0.320 e. The minimum absolute atomic E-state index is 0.0423. The molecule has 0 spiro atoms. The maximum absolute atomic E-state index is 13.1. The number of ketones is 1. The Bertz CT molecular complexity index is 696. The fraction of sp³-hybridized carbons (Fsp3) is 0.571. The number of hydrogen-bond acceptors (Lipinski definition) is 7. The van der Waals surface area contributed by atoms with Crippen LogP contribution in [-0.4, -0.2) is 43.8 Å². The summed E-state index contributed by atoms with van der Waals surface area (Å²) in [5.74, 6) is -2.53. The minimum Gasteiger partial charge on any atom is -0.466 e. The average Bonchev–Trinajstić information content (AvgIpc) is 3.35. The van der Waals surface area contributed by atoms with Crippen LogP contribution in [0.1, 0.15) is 38.2 Å². The third-order valence-corrected chi connectivity index (χ3v) is 5.33. The first kappa shape index (κ1) is 20.5.